The van der Waals surface area contributed by atoms with E-state index in [0.717, 1.165) is 18.7 Å². The minimum atomic E-state index is -0.755. The van der Waals surface area contributed by atoms with E-state index in [9.17, 15) is 14.7 Å². The summed E-state index contributed by atoms with van der Waals surface area (Å²) in [5.74, 6) is -0.952. The van der Waals surface area contributed by atoms with E-state index in [-0.39, 0.29) is 17.1 Å². The summed E-state index contributed by atoms with van der Waals surface area (Å²) in [5, 5.41) is 18.8. The number of carboxylic acids is 1. The third kappa shape index (κ3) is 4.10. The van der Waals surface area contributed by atoms with Crippen molar-refractivity contribution in [1.82, 2.24) is 9.47 Å². The van der Waals surface area contributed by atoms with Crippen LogP contribution in [0.3, 0.4) is 0 Å². The van der Waals surface area contributed by atoms with Crippen LogP contribution in [0.25, 0.3) is 0 Å². The number of carboxylic acid groups (broad SMARTS) is 1. The molecule has 6 heteroatoms. The van der Waals surface area contributed by atoms with E-state index in [1.54, 1.807) is 0 Å². The first-order valence-corrected chi connectivity index (χ1v) is 7.74. The van der Waals surface area contributed by atoms with Crippen LogP contribution in [0.4, 0.5) is 0 Å². The van der Waals surface area contributed by atoms with Gasteiger partial charge in [0, 0.05) is 31.4 Å². The van der Waals surface area contributed by atoms with Crippen molar-refractivity contribution in [3.8, 4) is 5.75 Å². The predicted octanol–water partition coefficient (Wildman–Crippen LogP) is 1.51. The second-order valence-electron chi connectivity index (χ2n) is 6.47. The largest absolute Gasteiger partial charge is 0.503 e. The van der Waals surface area contributed by atoms with Crippen LogP contribution in [0, 0.1) is 11.8 Å². The summed E-state index contributed by atoms with van der Waals surface area (Å²) in [6.45, 7) is 6.72. The van der Waals surface area contributed by atoms with E-state index in [1.165, 1.54) is 12.3 Å². The first kappa shape index (κ1) is 16.5. The number of piperidine rings is 1. The topological polar surface area (TPSA) is 82.8 Å². The highest BCUT2D eigenvalue weighted by Gasteiger charge is 2.25. The SMILES string of the molecule is CC(C)Cn1cc(O)c(=O)cc1CN1CCCC(C(=O)O)C1. The number of rotatable bonds is 5. The van der Waals surface area contributed by atoms with Gasteiger partial charge >= 0.3 is 5.97 Å². The van der Waals surface area contributed by atoms with E-state index in [0.29, 0.717) is 32.0 Å². The molecule has 0 aliphatic carbocycles. The third-order valence-electron chi connectivity index (χ3n) is 4.00. The van der Waals surface area contributed by atoms with Gasteiger partial charge in [-0.1, -0.05) is 13.8 Å². The predicted molar refractivity (Wildman–Crippen MR) is 82.8 cm³/mol. The molecule has 2 heterocycles. The minimum absolute atomic E-state index is 0.244. The summed E-state index contributed by atoms with van der Waals surface area (Å²) in [6.07, 6.45) is 3.04. The van der Waals surface area contributed by atoms with Crippen LogP contribution in [0.2, 0.25) is 0 Å². The zero-order valence-electron chi connectivity index (χ0n) is 13.2. The van der Waals surface area contributed by atoms with E-state index in [4.69, 9.17) is 5.11 Å². The normalized spacial score (nSPS) is 19.5. The summed E-state index contributed by atoms with van der Waals surface area (Å²) in [6, 6.07) is 1.46. The molecule has 0 bridgehead atoms. The van der Waals surface area contributed by atoms with Gasteiger partial charge in [0.15, 0.2) is 5.75 Å². The molecule has 6 nitrogen and oxygen atoms in total. The second kappa shape index (κ2) is 6.96. The van der Waals surface area contributed by atoms with Crippen molar-refractivity contribution < 1.29 is 15.0 Å². The van der Waals surface area contributed by atoms with Gasteiger partial charge in [-0.2, -0.15) is 0 Å². The molecule has 2 rings (SSSR count). The molecule has 22 heavy (non-hydrogen) atoms. The Bertz CT molecular complexity index is 594. The lowest BCUT2D eigenvalue weighted by molar-refractivity contribution is -0.143. The van der Waals surface area contributed by atoms with E-state index in [2.05, 4.69) is 18.7 Å². The maximum absolute atomic E-state index is 11.7. The van der Waals surface area contributed by atoms with E-state index in [1.807, 2.05) is 4.57 Å². The fourth-order valence-electron chi connectivity index (χ4n) is 2.93. The Labute approximate surface area is 130 Å². The number of carbonyl (C=O) groups is 1. The van der Waals surface area contributed by atoms with Gasteiger partial charge in [-0.25, -0.2) is 0 Å². The Balaban J connectivity index is 2.19. The van der Waals surface area contributed by atoms with Crippen LogP contribution in [0.15, 0.2) is 17.1 Å². The summed E-state index contributed by atoms with van der Waals surface area (Å²) in [7, 11) is 0. The fourth-order valence-corrected chi connectivity index (χ4v) is 2.93. The highest BCUT2D eigenvalue weighted by atomic mass is 16.4. The van der Waals surface area contributed by atoms with Crippen molar-refractivity contribution in [2.45, 2.75) is 39.8 Å². The number of hydrogen-bond donors (Lipinski definition) is 2. The summed E-state index contributed by atoms with van der Waals surface area (Å²) < 4.78 is 1.89. The van der Waals surface area contributed by atoms with Crippen molar-refractivity contribution >= 4 is 5.97 Å². The lowest BCUT2D eigenvalue weighted by atomic mass is 9.98. The minimum Gasteiger partial charge on any atom is -0.503 e. The molecule has 1 saturated heterocycles. The van der Waals surface area contributed by atoms with Crippen molar-refractivity contribution in [1.29, 1.82) is 0 Å². The molecule has 0 radical (unpaired) electrons. The van der Waals surface area contributed by atoms with Gasteiger partial charge in [-0.15, -0.1) is 0 Å². The smallest absolute Gasteiger partial charge is 0.307 e. The number of pyridine rings is 1. The maximum atomic E-state index is 11.7. The van der Waals surface area contributed by atoms with Gasteiger partial charge in [0.05, 0.1) is 12.1 Å². The van der Waals surface area contributed by atoms with Crippen molar-refractivity contribution in [3.05, 3.63) is 28.2 Å². The molecule has 0 saturated carbocycles. The lowest BCUT2D eigenvalue weighted by Crippen LogP contribution is -2.39. The van der Waals surface area contributed by atoms with E-state index >= 15 is 0 Å². The third-order valence-corrected chi connectivity index (χ3v) is 4.00. The van der Waals surface area contributed by atoms with Crippen LogP contribution in [0.1, 0.15) is 32.4 Å². The molecule has 1 unspecified atom stereocenters. The van der Waals surface area contributed by atoms with Crippen LogP contribution in [-0.2, 0) is 17.9 Å². The van der Waals surface area contributed by atoms with Crippen molar-refractivity contribution in [3.63, 3.8) is 0 Å². The number of nitrogens with zero attached hydrogens (tertiary/aromatic N) is 2. The number of aliphatic carboxylic acids is 1. The highest BCUT2D eigenvalue weighted by molar-refractivity contribution is 5.70. The molecule has 0 spiro atoms. The van der Waals surface area contributed by atoms with Crippen LogP contribution < -0.4 is 5.43 Å². The number of aromatic hydroxyl groups is 1. The van der Waals surface area contributed by atoms with Gasteiger partial charge in [0.1, 0.15) is 0 Å². The molecular weight excluding hydrogens is 284 g/mol. The van der Waals surface area contributed by atoms with Crippen molar-refractivity contribution in [2.24, 2.45) is 11.8 Å². The summed E-state index contributed by atoms with van der Waals surface area (Å²) >= 11 is 0. The molecule has 1 fully saturated rings. The van der Waals surface area contributed by atoms with Crippen LogP contribution in [-0.4, -0.2) is 38.7 Å². The number of hydrogen-bond acceptors (Lipinski definition) is 4. The van der Waals surface area contributed by atoms with Crippen LogP contribution in [0.5, 0.6) is 5.75 Å². The first-order valence-electron chi connectivity index (χ1n) is 7.74. The molecule has 1 aliphatic rings. The zero-order valence-corrected chi connectivity index (χ0v) is 13.2. The second-order valence-corrected chi connectivity index (χ2v) is 6.47. The summed E-state index contributed by atoms with van der Waals surface area (Å²) in [5.41, 5.74) is 0.435. The van der Waals surface area contributed by atoms with Crippen LogP contribution >= 0.6 is 0 Å². The molecule has 1 atom stereocenters. The Morgan fingerprint density at radius 3 is 2.82 bits per heavy atom. The van der Waals surface area contributed by atoms with Gasteiger partial charge in [0.25, 0.3) is 0 Å². The Hall–Kier alpha value is -1.82. The van der Waals surface area contributed by atoms with Gasteiger partial charge in [0.2, 0.25) is 5.43 Å². The fraction of sp³-hybridized carbons (Fsp3) is 0.625. The monoisotopic (exact) mass is 308 g/mol. The molecule has 1 aromatic rings. The molecule has 2 N–H and O–H groups in total. The Kier molecular flexibility index (Phi) is 5.24. The molecule has 1 aromatic heterocycles. The highest BCUT2D eigenvalue weighted by Crippen LogP contribution is 2.19. The number of likely N-dealkylation sites (tertiary alicyclic amines) is 1. The standard InChI is InChI=1S/C16H24N2O4/c1-11(2)7-18-10-15(20)14(19)6-13(18)9-17-5-3-4-12(8-17)16(21)22/h6,10-12,20H,3-5,7-9H2,1-2H3,(H,21,22). The zero-order chi connectivity index (χ0) is 16.3. The van der Waals surface area contributed by atoms with Gasteiger partial charge < -0.3 is 14.8 Å². The van der Waals surface area contributed by atoms with Gasteiger partial charge in [-0.3, -0.25) is 14.5 Å². The molecule has 0 amide bonds. The average Bonchev–Trinajstić information content (AvgIpc) is 2.44. The molecule has 0 aromatic carbocycles. The first-order chi connectivity index (χ1) is 10.4. The maximum Gasteiger partial charge on any atom is 0.307 e. The Morgan fingerprint density at radius 1 is 1.45 bits per heavy atom. The molecule has 122 valence electrons. The summed E-state index contributed by atoms with van der Waals surface area (Å²) in [4.78, 5) is 24.9. The molecule has 1 aliphatic heterocycles. The average molecular weight is 308 g/mol. The number of aromatic nitrogens is 1. The van der Waals surface area contributed by atoms with E-state index < -0.39 is 5.97 Å². The lowest BCUT2D eigenvalue weighted by Gasteiger charge is -2.31. The Morgan fingerprint density at radius 2 is 2.18 bits per heavy atom. The van der Waals surface area contributed by atoms with Gasteiger partial charge in [-0.05, 0) is 25.3 Å². The van der Waals surface area contributed by atoms with Crippen molar-refractivity contribution in [2.75, 3.05) is 13.1 Å². The quantitative estimate of drug-likeness (QED) is 0.861. The molecular formula is C16H24N2O4.